The van der Waals surface area contributed by atoms with Crippen LogP contribution in [0.25, 0.3) is 0 Å². The maximum atomic E-state index is 12.9. The van der Waals surface area contributed by atoms with Crippen molar-refractivity contribution in [2.45, 2.75) is 31.3 Å². The van der Waals surface area contributed by atoms with Gasteiger partial charge in [-0.3, -0.25) is 9.59 Å². The molecule has 6 nitrogen and oxygen atoms in total. The number of likely N-dealkylation sites (tertiary alicyclic amines) is 1. The largest absolute Gasteiger partial charge is 0.369 e. The fourth-order valence-corrected chi connectivity index (χ4v) is 3.54. The van der Waals surface area contributed by atoms with Gasteiger partial charge < -0.3 is 15.5 Å². The third-order valence-electron chi connectivity index (χ3n) is 4.76. The minimum absolute atomic E-state index is 0. The van der Waals surface area contributed by atoms with Gasteiger partial charge in [0.15, 0.2) is 0 Å². The van der Waals surface area contributed by atoms with Gasteiger partial charge in [0, 0.05) is 18.8 Å². The number of amides is 2. The van der Waals surface area contributed by atoms with Gasteiger partial charge in [-0.1, -0.05) is 18.2 Å². The summed E-state index contributed by atoms with van der Waals surface area (Å²) in [5.41, 5.74) is 6.37. The molecule has 0 aromatic heterocycles. The van der Waals surface area contributed by atoms with E-state index in [-0.39, 0.29) is 36.2 Å². The van der Waals surface area contributed by atoms with Crippen LogP contribution in [-0.4, -0.2) is 41.9 Å². The Kier molecular flexibility index (Phi) is 5.68. The maximum Gasteiger partial charge on any atom is 0.246 e. The molecule has 3 atom stereocenters. The van der Waals surface area contributed by atoms with Crippen LogP contribution in [0.15, 0.2) is 30.3 Å². The van der Waals surface area contributed by atoms with Crippen LogP contribution in [0.1, 0.15) is 19.3 Å². The first-order valence-corrected chi connectivity index (χ1v) is 7.93. The van der Waals surface area contributed by atoms with Crippen LogP contribution in [0.5, 0.6) is 0 Å². The fraction of sp³-hybridized carbons (Fsp3) is 0.471. The second-order valence-electron chi connectivity index (χ2n) is 6.16. The lowest BCUT2D eigenvalue weighted by Crippen LogP contribution is -2.47. The molecule has 1 aromatic rings. The number of rotatable bonds is 3. The third kappa shape index (κ3) is 3.31. The molecule has 2 fully saturated rings. The molecule has 2 amide bonds. The number of para-hydroxylation sites is 1. The summed E-state index contributed by atoms with van der Waals surface area (Å²) in [5, 5.41) is 9.22. The molecule has 1 aromatic carbocycles. The molecule has 24 heavy (non-hydrogen) atoms. The molecule has 0 saturated carbocycles. The Morgan fingerprint density at radius 1 is 1.25 bits per heavy atom. The van der Waals surface area contributed by atoms with Crippen LogP contribution < -0.4 is 10.6 Å². The minimum atomic E-state index is -0.427. The molecule has 7 heteroatoms. The van der Waals surface area contributed by atoms with E-state index in [9.17, 15) is 14.9 Å². The van der Waals surface area contributed by atoms with Crippen LogP contribution in [0, 0.1) is 17.2 Å². The smallest absolute Gasteiger partial charge is 0.246 e. The van der Waals surface area contributed by atoms with E-state index >= 15 is 0 Å². The van der Waals surface area contributed by atoms with Crippen LogP contribution in [0.2, 0.25) is 0 Å². The van der Waals surface area contributed by atoms with Gasteiger partial charge in [0.2, 0.25) is 11.8 Å². The first kappa shape index (κ1) is 18.1. The maximum absolute atomic E-state index is 12.9. The number of nitrogens with two attached hydrogens (primary N) is 1. The molecule has 2 saturated heterocycles. The highest BCUT2D eigenvalue weighted by Gasteiger charge is 2.43. The molecule has 2 aliphatic heterocycles. The van der Waals surface area contributed by atoms with Crippen molar-refractivity contribution < 1.29 is 9.59 Å². The molecule has 2 N–H and O–H groups in total. The Morgan fingerprint density at radius 3 is 2.58 bits per heavy atom. The average molecular weight is 349 g/mol. The number of hydrogen-bond acceptors (Lipinski definition) is 4. The Balaban J connectivity index is 0.00000208. The van der Waals surface area contributed by atoms with Gasteiger partial charge >= 0.3 is 0 Å². The lowest BCUT2D eigenvalue weighted by Gasteiger charge is -2.30. The predicted molar refractivity (Wildman–Crippen MR) is 92.5 cm³/mol. The topological polar surface area (TPSA) is 90.4 Å². The predicted octanol–water partition coefficient (Wildman–Crippen LogP) is 1.30. The highest BCUT2D eigenvalue weighted by molar-refractivity contribution is 5.89. The number of primary amides is 1. The number of nitrogens with zero attached hydrogens (tertiary/aromatic N) is 3. The van der Waals surface area contributed by atoms with E-state index in [0.717, 1.165) is 18.5 Å². The van der Waals surface area contributed by atoms with Crippen LogP contribution in [-0.2, 0) is 9.59 Å². The fourth-order valence-electron chi connectivity index (χ4n) is 3.54. The number of carbonyl (C=O) groups is 2. The van der Waals surface area contributed by atoms with Crippen molar-refractivity contribution in [3.8, 4) is 6.07 Å². The molecule has 0 spiro atoms. The van der Waals surface area contributed by atoms with Crippen molar-refractivity contribution in [1.29, 1.82) is 5.26 Å². The zero-order valence-corrected chi connectivity index (χ0v) is 14.1. The normalized spacial score (nSPS) is 25.9. The second-order valence-corrected chi connectivity index (χ2v) is 6.16. The summed E-state index contributed by atoms with van der Waals surface area (Å²) in [7, 11) is 0. The van der Waals surface area contributed by atoms with E-state index in [1.807, 2.05) is 35.2 Å². The highest BCUT2D eigenvalue weighted by Crippen LogP contribution is 2.31. The Labute approximate surface area is 147 Å². The highest BCUT2D eigenvalue weighted by atomic mass is 35.5. The molecular weight excluding hydrogens is 328 g/mol. The molecule has 2 unspecified atom stereocenters. The number of hydrogen-bond donors (Lipinski definition) is 1. The van der Waals surface area contributed by atoms with Gasteiger partial charge in [-0.2, -0.15) is 5.26 Å². The van der Waals surface area contributed by atoms with E-state index in [0.29, 0.717) is 19.5 Å². The van der Waals surface area contributed by atoms with Gasteiger partial charge in [-0.15, -0.1) is 12.4 Å². The van der Waals surface area contributed by atoms with Gasteiger partial charge in [-0.05, 0) is 31.4 Å². The van der Waals surface area contributed by atoms with Crippen molar-refractivity contribution in [3.05, 3.63) is 30.3 Å². The molecule has 0 aliphatic carbocycles. The first-order chi connectivity index (χ1) is 11.1. The lowest BCUT2D eigenvalue weighted by molar-refractivity contribution is -0.132. The van der Waals surface area contributed by atoms with Gasteiger partial charge in [0.05, 0.1) is 12.0 Å². The van der Waals surface area contributed by atoms with Crippen molar-refractivity contribution in [2.75, 3.05) is 18.0 Å². The summed E-state index contributed by atoms with van der Waals surface area (Å²) in [4.78, 5) is 28.2. The molecule has 2 heterocycles. The zero-order valence-electron chi connectivity index (χ0n) is 13.3. The summed E-state index contributed by atoms with van der Waals surface area (Å²) in [6.07, 6.45) is 1.98. The quantitative estimate of drug-likeness (QED) is 0.891. The van der Waals surface area contributed by atoms with E-state index in [1.54, 1.807) is 4.90 Å². The van der Waals surface area contributed by atoms with Crippen molar-refractivity contribution in [2.24, 2.45) is 11.7 Å². The SMILES string of the molecule is Cl.N#C[C@@H]1CCCN1C(=O)C1CC(C(N)=O)CN1c1ccccc1. The van der Waals surface area contributed by atoms with E-state index in [4.69, 9.17) is 5.73 Å². The monoisotopic (exact) mass is 348 g/mol. The standard InChI is InChI=1S/C17H20N4O2.ClH/c18-10-14-7-4-8-20(14)17(23)15-9-12(16(19)22)11-21(15)13-5-2-1-3-6-13;/h1-3,5-6,12,14-15H,4,7-9,11H2,(H2,19,22);1H/t12?,14-,15?;/m0./s1. The summed E-state index contributed by atoms with van der Waals surface area (Å²) in [6, 6.07) is 11.0. The van der Waals surface area contributed by atoms with Gasteiger partial charge in [0.25, 0.3) is 0 Å². The Hall–Kier alpha value is -2.26. The van der Waals surface area contributed by atoms with Crippen LogP contribution in [0.4, 0.5) is 5.69 Å². The van der Waals surface area contributed by atoms with E-state index < -0.39 is 6.04 Å². The number of anilines is 1. The third-order valence-corrected chi connectivity index (χ3v) is 4.76. The van der Waals surface area contributed by atoms with E-state index in [1.165, 1.54) is 0 Å². The first-order valence-electron chi connectivity index (χ1n) is 7.93. The Bertz CT molecular complexity index is 646. The summed E-state index contributed by atoms with van der Waals surface area (Å²) >= 11 is 0. The van der Waals surface area contributed by atoms with Crippen LogP contribution >= 0.6 is 12.4 Å². The zero-order chi connectivity index (χ0) is 16.4. The van der Waals surface area contributed by atoms with Crippen molar-refractivity contribution in [3.63, 3.8) is 0 Å². The number of halogens is 1. The van der Waals surface area contributed by atoms with E-state index in [2.05, 4.69) is 6.07 Å². The molecule has 0 radical (unpaired) electrons. The number of carbonyl (C=O) groups excluding carboxylic acids is 2. The lowest BCUT2D eigenvalue weighted by atomic mass is 10.0. The molecule has 0 bridgehead atoms. The minimum Gasteiger partial charge on any atom is -0.369 e. The Morgan fingerprint density at radius 2 is 1.96 bits per heavy atom. The molecular formula is C17H21ClN4O2. The second kappa shape index (κ2) is 7.54. The van der Waals surface area contributed by atoms with Gasteiger partial charge in [-0.25, -0.2) is 0 Å². The van der Waals surface area contributed by atoms with Crippen LogP contribution in [0.3, 0.4) is 0 Å². The summed E-state index contributed by atoms with van der Waals surface area (Å²) in [6.45, 7) is 1.05. The molecule has 3 rings (SSSR count). The number of nitriles is 1. The average Bonchev–Trinajstić information content (AvgIpc) is 3.22. The summed E-state index contributed by atoms with van der Waals surface area (Å²) < 4.78 is 0. The molecule has 2 aliphatic rings. The molecule has 128 valence electrons. The van der Waals surface area contributed by atoms with Crippen molar-refractivity contribution >= 4 is 29.9 Å². The summed E-state index contributed by atoms with van der Waals surface area (Å²) in [5.74, 6) is -0.784. The number of benzene rings is 1. The van der Waals surface area contributed by atoms with Crippen molar-refractivity contribution in [1.82, 2.24) is 4.90 Å². The van der Waals surface area contributed by atoms with Gasteiger partial charge in [0.1, 0.15) is 12.1 Å².